The first kappa shape index (κ1) is 16.8. The van der Waals surface area contributed by atoms with Crippen molar-refractivity contribution in [3.8, 4) is 11.8 Å². The van der Waals surface area contributed by atoms with Crippen LogP contribution in [0.3, 0.4) is 0 Å². The Kier molecular flexibility index (Phi) is 4.34. The zero-order valence-corrected chi connectivity index (χ0v) is 14.8. The SMILES string of the molecule is COc1ccc2[nH]nc(C(=O)N3CCN(c4cc(C#N)ccn4)CC3)c2c1. The molecule has 0 radical (unpaired) electrons. The molecule has 0 atom stereocenters. The highest BCUT2D eigenvalue weighted by Gasteiger charge is 2.26. The maximum absolute atomic E-state index is 12.9. The third kappa shape index (κ3) is 3.15. The van der Waals surface area contributed by atoms with Crippen molar-refractivity contribution in [2.24, 2.45) is 0 Å². The van der Waals surface area contributed by atoms with Crippen LogP contribution in [0.4, 0.5) is 5.82 Å². The normalized spacial score (nSPS) is 14.2. The van der Waals surface area contributed by atoms with E-state index in [0.29, 0.717) is 43.2 Å². The first-order valence-corrected chi connectivity index (χ1v) is 8.62. The summed E-state index contributed by atoms with van der Waals surface area (Å²) in [5.74, 6) is 1.34. The summed E-state index contributed by atoms with van der Waals surface area (Å²) in [5, 5.41) is 16.9. The summed E-state index contributed by atoms with van der Waals surface area (Å²) in [6.07, 6.45) is 1.63. The smallest absolute Gasteiger partial charge is 0.275 e. The second kappa shape index (κ2) is 6.96. The summed E-state index contributed by atoms with van der Waals surface area (Å²) in [5.41, 5.74) is 1.78. The van der Waals surface area contributed by atoms with Gasteiger partial charge in [0.05, 0.1) is 24.3 Å². The van der Waals surface area contributed by atoms with Gasteiger partial charge in [0.15, 0.2) is 5.69 Å². The van der Waals surface area contributed by atoms with E-state index in [2.05, 4.69) is 26.2 Å². The van der Waals surface area contributed by atoms with Gasteiger partial charge < -0.3 is 14.5 Å². The fourth-order valence-electron chi connectivity index (χ4n) is 3.23. The van der Waals surface area contributed by atoms with Crippen LogP contribution in [0, 0.1) is 11.3 Å². The fourth-order valence-corrected chi connectivity index (χ4v) is 3.23. The molecule has 0 spiro atoms. The maximum Gasteiger partial charge on any atom is 0.275 e. The number of anilines is 1. The number of benzene rings is 1. The van der Waals surface area contributed by atoms with Gasteiger partial charge in [-0.2, -0.15) is 10.4 Å². The Morgan fingerprint density at radius 3 is 2.78 bits per heavy atom. The Bertz CT molecular complexity index is 1030. The molecule has 1 fully saturated rings. The zero-order valence-electron chi connectivity index (χ0n) is 14.8. The van der Waals surface area contributed by atoms with E-state index in [9.17, 15) is 4.79 Å². The predicted molar refractivity (Wildman–Crippen MR) is 99.7 cm³/mol. The third-order valence-corrected chi connectivity index (χ3v) is 4.74. The second-order valence-electron chi connectivity index (χ2n) is 6.28. The van der Waals surface area contributed by atoms with Crippen molar-refractivity contribution < 1.29 is 9.53 Å². The lowest BCUT2D eigenvalue weighted by atomic mass is 10.1. The van der Waals surface area contributed by atoms with Gasteiger partial charge in [0.1, 0.15) is 11.6 Å². The summed E-state index contributed by atoms with van der Waals surface area (Å²) < 4.78 is 5.25. The molecule has 1 saturated heterocycles. The van der Waals surface area contributed by atoms with Crippen molar-refractivity contribution in [1.82, 2.24) is 20.1 Å². The molecule has 0 aliphatic carbocycles. The minimum absolute atomic E-state index is 0.104. The van der Waals surface area contributed by atoms with Crippen LogP contribution in [0.5, 0.6) is 5.75 Å². The number of pyridine rings is 1. The first-order chi connectivity index (χ1) is 13.2. The minimum Gasteiger partial charge on any atom is -0.497 e. The van der Waals surface area contributed by atoms with Crippen molar-refractivity contribution >= 4 is 22.6 Å². The molecule has 8 heteroatoms. The highest BCUT2D eigenvalue weighted by atomic mass is 16.5. The molecule has 4 rings (SSSR count). The largest absolute Gasteiger partial charge is 0.497 e. The van der Waals surface area contributed by atoms with Crippen molar-refractivity contribution in [1.29, 1.82) is 5.26 Å². The molecule has 0 saturated carbocycles. The van der Waals surface area contributed by atoms with Crippen LogP contribution in [0.15, 0.2) is 36.5 Å². The van der Waals surface area contributed by atoms with Gasteiger partial charge in [0, 0.05) is 37.8 Å². The van der Waals surface area contributed by atoms with Crippen molar-refractivity contribution in [2.75, 3.05) is 38.2 Å². The number of nitrogens with one attached hydrogen (secondary N) is 1. The van der Waals surface area contributed by atoms with Gasteiger partial charge in [-0.3, -0.25) is 9.89 Å². The van der Waals surface area contributed by atoms with E-state index < -0.39 is 0 Å². The number of hydrogen-bond donors (Lipinski definition) is 1. The number of hydrogen-bond acceptors (Lipinski definition) is 6. The molecule has 2 aromatic heterocycles. The molecule has 27 heavy (non-hydrogen) atoms. The predicted octanol–water partition coefficient (Wildman–Crippen LogP) is 1.80. The number of carbonyl (C=O) groups is 1. The minimum atomic E-state index is -0.104. The molecular weight excluding hydrogens is 344 g/mol. The van der Waals surface area contributed by atoms with Crippen LogP contribution in [0.1, 0.15) is 16.1 Å². The van der Waals surface area contributed by atoms with E-state index in [1.807, 2.05) is 18.2 Å². The Labute approximate surface area is 156 Å². The van der Waals surface area contributed by atoms with E-state index in [1.165, 1.54) is 0 Å². The summed E-state index contributed by atoms with van der Waals surface area (Å²) in [6.45, 7) is 2.43. The molecule has 8 nitrogen and oxygen atoms in total. The van der Waals surface area contributed by atoms with E-state index in [4.69, 9.17) is 10.00 Å². The number of carbonyl (C=O) groups excluding carboxylic acids is 1. The van der Waals surface area contributed by atoms with E-state index in [-0.39, 0.29) is 5.91 Å². The quantitative estimate of drug-likeness (QED) is 0.763. The standard InChI is InChI=1S/C19H18N6O2/c1-27-14-2-3-16-15(11-14)18(23-22-16)19(26)25-8-6-24(7-9-25)17-10-13(12-20)4-5-21-17/h2-5,10-11H,6-9H2,1H3,(H,22,23). The number of fused-ring (bicyclic) bond motifs is 1. The number of H-pyrrole nitrogens is 1. The van der Waals surface area contributed by atoms with Crippen LogP contribution in [-0.4, -0.2) is 59.3 Å². The van der Waals surface area contributed by atoms with E-state index in [0.717, 1.165) is 16.7 Å². The Hall–Kier alpha value is -3.60. The molecule has 1 N–H and O–H groups in total. The van der Waals surface area contributed by atoms with Gasteiger partial charge in [0.2, 0.25) is 0 Å². The number of aromatic nitrogens is 3. The molecule has 1 amide bonds. The Morgan fingerprint density at radius 1 is 1.22 bits per heavy atom. The van der Waals surface area contributed by atoms with Crippen molar-refractivity contribution in [3.63, 3.8) is 0 Å². The van der Waals surface area contributed by atoms with Crippen LogP contribution in [-0.2, 0) is 0 Å². The lowest BCUT2D eigenvalue weighted by molar-refractivity contribution is 0.0742. The van der Waals surface area contributed by atoms with Gasteiger partial charge in [-0.15, -0.1) is 0 Å². The third-order valence-electron chi connectivity index (χ3n) is 4.74. The Balaban J connectivity index is 1.50. The number of nitriles is 1. The van der Waals surface area contributed by atoms with Crippen LogP contribution in [0.2, 0.25) is 0 Å². The number of aromatic amines is 1. The van der Waals surface area contributed by atoms with Crippen molar-refractivity contribution in [2.45, 2.75) is 0 Å². The summed E-state index contributed by atoms with van der Waals surface area (Å²) in [7, 11) is 1.59. The summed E-state index contributed by atoms with van der Waals surface area (Å²) in [4.78, 5) is 21.1. The topological polar surface area (TPSA) is 98.1 Å². The molecule has 0 bridgehead atoms. The van der Waals surface area contributed by atoms with Crippen LogP contribution in [0.25, 0.3) is 10.9 Å². The van der Waals surface area contributed by atoms with Gasteiger partial charge >= 0.3 is 0 Å². The molecule has 1 aliphatic heterocycles. The second-order valence-corrected chi connectivity index (χ2v) is 6.28. The molecule has 0 unspecified atom stereocenters. The van der Waals surface area contributed by atoms with Gasteiger partial charge in [-0.1, -0.05) is 0 Å². The van der Waals surface area contributed by atoms with E-state index >= 15 is 0 Å². The monoisotopic (exact) mass is 362 g/mol. The van der Waals surface area contributed by atoms with Crippen LogP contribution < -0.4 is 9.64 Å². The van der Waals surface area contributed by atoms with Gasteiger partial charge in [0.25, 0.3) is 5.91 Å². The first-order valence-electron chi connectivity index (χ1n) is 8.62. The number of methoxy groups -OCH3 is 1. The lowest BCUT2D eigenvalue weighted by Gasteiger charge is -2.35. The highest BCUT2D eigenvalue weighted by Crippen LogP contribution is 2.23. The summed E-state index contributed by atoms with van der Waals surface area (Å²) in [6, 6.07) is 11.1. The van der Waals surface area contributed by atoms with Crippen molar-refractivity contribution in [3.05, 3.63) is 47.8 Å². The average Bonchev–Trinajstić information content (AvgIpc) is 3.16. The maximum atomic E-state index is 12.9. The molecule has 1 aromatic carbocycles. The number of piperazine rings is 1. The molecule has 3 heterocycles. The number of ether oxygens (including phenoxy) is 1. The lowest BCUT2D eigenvalue weighted by Crippen LogP contribution is -2.49. The fraction of sp³-hybridized carbons (Fsp3) is 0.263. The number of amides is 1. The number of rotatable bonds is 3. The average molecular weight is 362 g/mol. The molecule has 1 aliphatic rings. The molecule has 136 valence electrons. The van der Waals surface area contributed by atoms with E-state index in [1.54, 1.807) is 30.3 Å². The van der Waals surface area contributed by atoms with Gasteiger partial charge in [-0.25, -0.2) is 4.98 Å². The molecular formula is C19H18N6O2. The molecule has 3 aromatic rings. The number of nitrogens with zero attached hydrogens (tertiary/aromatic N) is 5. The van der Waals surface area contributed by atoms with Gasteiger partial charge in [-0.05, 0) is 30.3 Å². The van der Waals surface area contributed by atoms with Crippen LogP contribution >= 0.6 is 0 Å². The Morgan fingerprint density at radius 2 is 2.04 bits per heavy atom. The highest BCUT2D eigenvalue weighted by molar-refractivity contribution is 6.05. The summed E-state index contributed by atoms with van der Waals surface area (Å²) >= 11 is 0. The zero-order chi connectivity index (χ0) is 18.8.